The van der Waals surface area contributed by atoms with Crippen molar-refractivity contribution in [2.45, 2.75) is 32.3 Å². The van der Waals surface area contributed by atoms with Gasteiger partial charge in [0.1, 0.15) is 0 Å². The predicted octanol–water partition coefficient (Wildman–Crippen LogP) is 2.23. The van der Waals surface area contributed by atoms with Crippen LogP contribution >= 0.6 is 0 Å². The van der Waals surface area contributed by atoms with Crippen molar-refractivity contribution in [1.29, 1.82) is 0 Å². The van der Waals surface area contributed by atoms with Gasteiger partial charge in [-0.1, -0.05) is 32.9 Å². The first-order valence-electron chi connectivity index (χ1n) is 5.03. The number of fused-ring (bicyclic) bond motifs is 1. The molecule has 0 amide bonds. The molecular formula is C12H17NO. The molecule has 1 aromatic carbocycles. The first-order valence-corrected chi connectivity index (χ1v) is 5.03. The van der Waals surface area contributed by atoms with E-state index in [0.717, 1.165) is 5.56 Å². The highest BCUT2D eigenvalue weighted by atomic mass is 16.3. The van der Waals surface area contributed by atoms with E-state index in [1.807, 2.05) is 12.1 Å². The van der Waals surface area contributed by atoms with Gasteiger partial charge in [-0.2, -0.15) is 0 Å². The van der Waals surface area contributed by atoms with Crippen LogP contribution in [-0.4, -0.2) is 5.11 Å². The summed E-state index contributed by atoms with van der Waals surface area (Å²) in [6.45, 7) is 6.39. The zero-order valence-electron chi connectivity index (χ0n) is 8.91. The van der Waals surface area contributed by atoms with Crippen LogP contribution in [0.1, 0.15) is 38.0 Å². The van der Waals surface area contributed by atoms with Gasteiger partial charge < -0.3 is 10.8 Å². The molecule has 1 aliphatic carbocycles. The zero-order chi connectivity index (χ0) is 10.5. The lowest BCUT2D eigenvalue weighted by Crippen LogP contribution is -2.23. The predicted molar refractivity (Wildman–Crippen MR) is 58.0 cm³/mol. The van der Waals surface area contributed by atoms with E-state index in [1.165, 1.54) is 5.56 Å². The molecule has 0 fully saturated rings. The molecule has 2 nitrogen and oxygen atoms in total. The third-order valence-corrected chi connectivity index (χ3v) is 3.74. The van der Waals surface area contributed by atoms with Gasteiger partial charge in [0.15, 0.2) is 0 Å². The maximum absolute atomic E-state index is 10.1. The van der Waals surface area contributed by atoms with Crippen LogP contribution < -0.4 is 5.73 Å². The van der Waals surface area contributed by atoms with Crippen LogP contribution in [0.3, 0.4) is 0 Å². The first-order chi connectivity index (χ1) is 6.46. The normalized spacial score (nSPS) is 28.9. The van der Waals surface area contributed by atoms with E-state index in [4.69, 9.17) is 5.73 Å². The Morgan fingerprint density at radius 3 is 2.57 bits per heavy atom. The number of hydrogen-bond acceptors (Lipinski definition) is 2. The van der Waals surface area contributed by atoms with Crippen molar-refractivity contribution >= 4 is 5.69 Å². The topological polar surface area (TPSA) is 46.2 Å². The molecule has 0 aliphatic heterocycles. The lowest BCUT2D eigenvalue weighted by atomic mass is 9.79. The molecule has 2 heteroatoms. The van der Waals surface area contributed by atoms with Gasteiger partial charge in [0, 0.05) is 11.3 Å². The highest BCUT2D eigenvalue weighted by Crippen LogP contribution is 2.50. The van der Waals surface area contributed by atoms with Crippen molar-refractivity contribution in [2.75, 3.05) is 5.73 Å². The summed E-state index contributed by atoms with van der Waals surface area (Å²) in [5.74, 6) is 0.224. The highest BCUT2D eigenvalue weighted by Gasteiger charge is 2.43. The number of hydrogen-bond donors (Lipinski definition) is 2. The van der Waals surface area contributed by atoms with Crippen molar-refractivity contribution < 1.29 is 5.11 Å². The second-order valence-electron chi connectivity index (χ2n) is 4.76. The first kappa shape index (κ1) is 9.53. The quantitative estimate of drug-likeness (QED) is 0.618. The Kier molecular flexibility index (Phi) is 1.86. The molecule has 0 saturated carbocycles. The van der Waals surface area contributed by atoms with Crippen LogP contribution in [0.4, 0.5) is 5.69 Å². The summed E-state index contributed by atoms with van der Waals surface area (Å²) >= 11 is 0. The summed E-state index contributed by atoms with van der Waals surface area (Å²) in [6.07, 6.45) is -0.416. The van der Waals surface area contributed by atoms with Gasteiger partial charge in [-0.25, -0.2) is 0 Å². The molecule has 0 saturated heterocycles. The average molecular weight is 191 g/mol. The molecule has 0 aromatic heterocycles. The van der Waals surface area contributed by atoms with Crippen LogP contribution in [0.5, 0.6) is 0 Å². The lowest BCUT2D eigenvalue weighted by Gasteiger charge is -2.25. The maximum atomic E-state index is 10.1. The summed E-state index contributed by atoms with van der Waals surface area (Å²) in [7, 11) is 0. The molecule has 3 N–H and O–H groups in total. The van der Waals surface area contributed by atoms with Gasteiger partial charge in [-0.05, 0) is 23.0 Å². The van der Waals surface area contributed by atoms with E-state index in [1.54, 1.807) is 0 Å². The lowest BCUT2D eigenvalue weighted by molar-refractivity contribution is 0.102. The van der Waals surface area contributed by atoms with Crippen LogP contribution in [0.2, 0.25) is 0 Å². The number of benzene rings is 1. The minimum atomic E-state index is -0.416. The van der Waals surface area contributed by atoms with Gasteiger partial charge in [0.05, 0.1) is 6.10 Å². The Hall–Kier alpha value is -1.02. The third kappa shape index (κ3) is 1.01. The zero-order valence-corrected chi connectivity index (χ0v) is 8.91. The molecule has 1 aromatic rings. The van der Waals surface area contributed by atoms with Gasteiger partial charge in [0.2, 0.25) is 0 Å². The number of aliphatic hydroxyl groups is 1. The summed E-state index contributed by atoms with van der Waals surface area (Å²) in [5, 5.41) is 10.1. The van der Waals surface area contributed by atoms with Gasteiger partial charge in [-0.15, -0.1) is 0 Å². The number of aliphatic hydroxyl groups excluding tert-OH is 1. The average Bonchev–Trinajstić information content (AvgIpc) is 2.30. The van der Waals surface area contributed by atoms with Gasteiger partial charge >= 0.3 is 0 Å². The van der Waals surface area contributed by atoms with Crippen LogP contribution in [0.15, 0.2) is 18.2 Å². The molecule has 0 bridgehead atoms. The van der Waals surface area contributed by atoms with Gasteiger partial charge in [-0.3, -0.25) is 0 Å². The van der Waals surface area contributed by atoms with Crippen molar-refractivity contribution in [3.8, 4) is 0 Å². The monoisotopic (exact) mass is 191 g/mol. The second-order valence-corrected chi connectivity index (χ2v) is 4.76. The van der Waals surface area contributed by atoms with Crippen molar-refractivity contribution in [2.24, 2.45) is 5.92 Å². The Balaban J connectivity index is 2.68. The molecule has 2 atom stereocenters. The molecular weight excluding hydrogens is 174 g/mol. The number of anilines is 1. The van der Waals surface area contributed by atoms with E-state index in [-0.39, 0.29) is 11.3 Å². The fourth-order valence-electron chi connectivity index (χ4n) is 2.36. The fraction of sp³-hybridized carbons (Fsp3) is 0.500. The fourth-order valence-corrected chi connectivity index (χ4v) is 2.36. The summed E-state index contributed by atoms with van der Waals surface area (Å²) in [4.78, 5) is 0. The summed E-state index contributed by atoms with van der Waals surface area (Å²) in [6, 6.07) is 5.88. The molecule has 0 spiro atoms. The van der Waals surface area contributed by atoms with Gasteiger partial charge in [0.25, 0.3) is 0 Å². The SMILES string of the molecule is CC1C(O)c2c(N)cccc2C1(C)C. The number of rotatable bonds is 0. The van der Waals surface area contributed by atoms with Crippen molar-refractivity contribution in [3.05, 3.63) is 29.3 Å². The largest absolute Gasteiger partial charge is 0.398 e. The molecule has 2 unspecified atom stereocenters. The second kappa shape index (κ2) is 2.74. The van der Waals surface area contributed by atoms with Crippen molar-refractivity contribution in [3.63, 3.8) is 0 Å². The van der Waals surface area contributed by atoms with E-state index in [0.29, 0.717) is 5.69 Å². The van der Waals surface area contributed by atoms with E-state index in [9.17, 15) is 5.11 Å². The van der Waals surface area contributed by atoms with E-state index < -0.39 is 6.10 Å². The van der Waals surface area contributed by atoms with E-state index in [2.05, 4.69) is 26.8 Å². The molecule has 0 radical (unpaired) electrons. The van der Waals surface area contributed by atoms with Crippen molar-refractivity contribution in [1.82, 2.24) is 0 Å². The van der Waals surface area contributed by atoms with Crippen LogP contribution in [0.25, 0.3) is 0 Å². The standard InChI is InChI=1S/C12H17NO/c1-7-11(14)10-8(12(7,2)3)5-4-6-9(10)13/h4-7,11,14H,13H2,1-3H3. The number of nitrogen functional groups attached to an aromatic ring is 1. The molecule has 0 heterocycles. The maximum Gasteiger partial charge on any atom is 0.0846 e. The molecule has 76 valence electrons. The Bertz CT molecular complexity index is 371. The van der Waals surface area contributed by atoms with E-state index >= 15 is 0 Å². The minimum absolute atomic E-state index is 0.0180. The Morgan fingerprint density at radius 2 is 2.00 bits per heavy atom. The summed E-state index contributed by atoms with van der Waals surface area (Å²) in [5.41, 5.74) is 8.75. The van der Waals surface area contributed by atoms with Crippen LogP contribution in [0, 0.1) is 5.92 Å². The minimum Gasteiger partial charge on any atom is -0.398 e. The summed E-state index contributed by atoms with van der Waals surface area (Å²) < 4.78 is 0. The highest BCUT2D eigenvalue weighted by molar-refractivity contribution is 5.57. The molecule has 2 rings (SSSR count). The Morgan fingerprint density at radius 1 is 1.36 bits per heavy atom. The smallest absolute Gasteiger partial charge is 0.0846 e. The number of nitrogens with two attached hydrogens (primary N) is 1. The molecule has 14 heavy (non-hydrogen) atoms. The van der Waals surface area contributed by atoms with Crippen LogP contribution in [-0.2, 0) is 5.41 Å². The Labute approximate surface area is 84.7 Å². The third-order valence-electron chi connectivity index (χ3n) is 3.74. The molecule has 1 aliphatic rings.